The molecule has 1 aliphatic rings. The lowest BCUT2D eigenvalue weighted by molar-refractivity contribution is -0.139. The van der Waals surface area contributed by atoms with Gasteiger partial charge in [-0.25, -0.2) is 0 Å². The minimum atomic E-state index is -0.128. The van der Waals surface area contributed by atoms with Crippen molar-refractivity contribution in [2.24, 2.45) is 0 Å². The van der Waals surface area contributed by atoms with E-state index in [9.17, 15) is 4.79 Å². The van der Waals surface area contributed by atoms with E-state index in [1.807, 2.05) is 59.5 Å². The Morgan fingerprint density at radius 2 is 2.04 bits per heavy atom. The second kappa shape index (κ2) is 8.18. The van der Waals surface area contributed by atoms with Gasteiger partial charge in [-0.05, 0) is 29.8 Å². The Kier molecular flexibility index (Phi) is 5.72. The molecule has 1 aliphatic heterocycles. The number of carbonyl (C=O) groups excluding carboxylic acids is 1. The summed E-state index contributed by atoms with van der Waals surface area (Å²) in [6, 6.07) is 17.1. The highest BCUT2D eigenvalue weighted by molar-refractivity contribution is 6.30. The van der Waals surface area contributed by atoms with E-state index in [-0.39, 0.29) is 12.0 Å². The van der Waals surface area contributed by atoms with Crippen molar-refractivity contribution >= 4 is 17.5 Å². The van der Waals surface area contributed by atoms with Crippen molar-refractivity contribution in [2.75, 3.05) is 26.3 Å². The lowest BCUT2D eigenvalue weighted by Crippen LogP contribution is -2.42. The van der Waals surface area contributed by atoms with E-state index in [1.165, 1.54) is 0 Å². The second-order valence-corrected chi connectivity index (χ2v) is 6.10. The Labute approximate surface area is 146 Å². The Bertz CT molecular complexity index is 677. The van der Waals surface area contributed by atoms with Crippen molar-refractivity contribution in [3.8, 4) is 5.75 Å². The van der Waals surface area contributed by atoms with Crippen LogP contribution in [0, 0.1) is 0 Å². The number of hydrogen-bond acceptors (Lipinski definition) is 3. The van der Waals surface area contributed by atoms with E-state index >= 15 is 0 Å². The molecule has 1 fully saturated rings. The number of amides is 1. The van der Waals surface area contributed by atoms with Crippen molar-refractivity contribution < 1.29 is 14.3 Å². The first-order chi connectivity index (χ1) is 11.7. The molecule has 1 amide bonds. The molecule has 0 N–H and O–H groups in total. The van der Waals surface area contributed by atoms with Gasteiger partial charge in [0.05, 0.1) is 26.2 Å². The Morgan fingerprint density at radius 3 is 2.83 bits per heavy atom. The van der Waals surface area contributed by atoms with Crippen molar-refractivity contribution in [1.29, 1.82) is 0 Å². The van der Waals surface area contributed by atoms with E-state index < -0.39 is 0 Å². The van der Waals surface area contributed by atoms with Crippen LogP contribution in [0.3, 0.4) is 0 Å². The molecule has 0 aliphatic carbocycles. The number of hydrogen-bond donors (Lipinski definition) is 0. The van der Waals surface area contributed by atoms with Gasteiger partial charge in [-0.15, -0.1) is 0 Å². The molecular formula is C19H20ClNO3. The average Bonchev–Trinajstić information content (AvgIpc) is 2.63. The molecule has 1 heterocycles. The third-order valence-corrected chi connectivity index (χ3v) is 4.20. The second-order valence-electron chi connectivity index (χ2n) is 5.67. The maximum absolute atomic E-state index is 12.4. The van der Waals surface area contributed by atoms with Crippen LogP contribution in [0.5, 0.6) is 5.75 Å². The van der Waals surface area contributed by atoms with Gasteiger partial charge in [0.2, 0.25) is 5.91 Å². The van der Waals surface area contributed by atoms with Crippen molar-refractivity contribution in [1.82, 2.24) is 4.90 Å². The Balaban J connectivity index is 1.51. The molecule has 1 atom stereocenters. The molecule has 3 rings (SSSR count). The molecule has 2 aromatic rings. The van der Waals surface area contributed by atoms with Crippen molar-refractivity contribution in [2.45, 2.75) is 12.5 Å². The molecule has 4 nitrogen and oxygen atoms in total. The summed E-state index contributed by atoms with van der Waals surface area (Å²) in [5, 5.41) is 0.677. The quantitative estimate of drug-likeness (QED) is 0.829. The first-order valence-corrected chi connectivity index (χ1v) is 8.43. The van der Waals surface area contributed by atoms with Crippen molar-refractivity contribution in [3.05, 3.63) is 65.2 Å². The van der Waals surface area contributed by atoms with Gasteiger partial charge in [0.25, 0.3) is 0 Å². The minimum Gasteiger partial charge on any atom is -0.493 e. The molecule has 24 heavy (non-hydrogen) atoms. The fourth-order valence-corrected chi connectivity index (χ4v) is 2.91. The summed E-state index contributed by atoms with van der Waals surface area (Å²) in [5.41, 5.74) is 1.00. The van der Waals surface area contributed by atoms with Crippen LogP contribution in [0.4, 0.5) is 0 Å². The summed E-state index contributed by atoms with van der Waals surface area (Å²) >= 11 is 6.04. The van der Waals surface area contributed by atoms with Gasteiger partial charge in [-0.3, -0.25) is 4.79 Å². The van der Waals surface area contributed by atoms with Crippen LogP contribution in [0.1, 0.15) is 18.1 Å². The van der Waals surface area contributed by atoms with Crippen LogP contribution in [-0.2, 0) is 9.53 Å². The molecule has 0 saturated carbocycles. The summed E-state index contributed by atoms with van der Waals surface area (Å²) in [6.45, 7) is 2.07. The van der Waals surface area contributed by atoms with Gasteiger partial charge < -0.3 is 14.4 Å². The number of morpholine rings is 1. The number of benzene rings is 2. The Morgan fingerprint density at radius 1 is 1.21 bits per heavy atom. The first kappa shape index (κ1) is 16.8. The highest BCUT2D eigenvalue weighted by Gasteiger charge is 2.25. The molecule has 5 heteroatoms. The van der Waals surface area contributed by atoms with Crippen LogP contribution < -0.4 is 4.74 Å². The van der Waals surface area contributed by atoms with E-state index in [4.69, 9.17) is 21.1 Å². The number of ether oxygens (including phenoxy) is 2. The average molecular weight is 346 g/mol. The number of carbonyl (C=O) groups is 1. The SMILES string of the molecule is O=C(CCOc1ccccc1)N1CCOC(c2cccc(Cl)c2)C1. The fourth-order valence-electron chi connectivity index (χ4n) is 2.72. The lowest BCUT2D eigenvalue weighted by Gasteiger charge is -2.33. The fraction of sp³-hybridized carbons (Fsp3) is 0.316. The molecule has 2 aromatic carbocycles. The molecular weight excluding hydrogens is 326 g/mol. The molecule has 1 unspecified atom stereocenters. The predicted molar refractivity (Wildman–Crippen MR) is 93.3 cm³/mol. The summed E-state index contributed by atoms with van der Waals surface area (Å²) < 4.78 is 11.4. The Hall–Kier alpha value is -2.04. The van der Waals surface area contributed by atoms with Crippen LogP contribution in [0.25, 0.3) is 0 Å². The largest absolute Gasteiger partial charge is 0.493 e. The highest BCUT2D eigenvalue weighted by atomic mass is 35.5. The van der Waals surface area contributed by atoms with E-state index in [2.05, 4.69) is 0 Å². The van der Waals surface area contributed by atoms with Crippen LogP contribution >= 0.6 is 11.6 Å². The summed E-state index contributed by atoms with van der Waals surface area (Å²) in [7, 11) is 0. The number of rotatable bonds is 5. The van der Waals surface area contributed by atoms with Gasteiger partial charge in [-0.1, -0.05) is 41.9 Å². The number of para-hydroxylation sites is 1. The van der Waals surface area contributed by atoms with E-state index in [0.29, 0.717) is 37.7 Å². The van der Waals surface area contributed by atoms with Crippen LogP contribution in [-0.4, -0.2) is 37.1 Å². The lowest BCUT2D eigenvalue weighted by atomic mass is 10.1. The monoisotopic (exact) mass is 345 g/mol. The summed E-state index contributed by atoms with van der Waals surface area (Å²) in [4.78, 5) is 14.2. The zero-order chi connectivity index (χ0) is 16.8. The molecule has 1 saturated heterocycles. The minimum absolute atomic E-state index is 0.0845. The maximum atomic E-state index is 12.4. The first-order valence-electron chi connectivity index (χ1n) is 8.05. The smallest absolute Gasteiger partial charge is 0.226 e. The zero-order valence-electron chi connectivity index (χ0n) is 13.4. The van der Waals surface area contributed by atoms with E-state index in [1.54, 1.807) is 0 Å². The third-order valence-electron chi connectivity index (χ3n) is 3.97. The molecule has 0 aromatic heterocycles. The van der Waals surface area contributed by atoms with E-state index in [0.717, 1.165) is 11.3 Å². The van der Waals surface area contributed by atoms with Crippen LogP contribution in [0.15, 0.2) is 54.6 Å². The van der Waals surface area contributed by atoms with Gasteiger partial charge in [-0.2, -0.15) is 0 Å². The topological polar surface area (TPSA) is 38.8 Å². The standard InChI is InChI=1S/C19H20ClNO3/c20-16-6-4-5-15(13-16)18-14-21(10-12-24-18)19(22)9-11-23-17-7-2-1-3-8-17/h1-8,13,18H,9-12,14H2. The zero-order valence-corrected chi connectivity index (χ0v) is 14.1. The normalized spacial score (nSPS) is 17.5. The summed E-state index contributed by atoms with van der Waals surface area (Å²) in [5.74, 6) is 0.866. The molecule has 0 bridgehead atoms. The number of nitrogens with zero attached hydrogens (tertiary/aromatic N) is 1. The molecule has 126 valence electrons. The van der Waals surface area contributed by atoms with Crippen molar-refractivity contribution in [3.63, 3.8) is 0 Å². The summed E-state index contributed by atoms with van der Waals surface area (Å²) in [6.07, 6.45) is 0.230. The third kappa shape index (κ3) is 4.49. The maximum Gasteiger partial charge on any atom is 0.226 e. The van der Waals surface area contributed by atoms with Gasteiger partial charge in [0, 0.05) is 11.6 Å². The van der Waals surface area contributed by atoms with Gasteiger partial charge in [0.15, 0.2) is 0 Å². The molecule has 0 spiro atoms. The number of halogens is 1. The highest BCUT2D eigenvalue weighted by Crippen LogP contribution is 2.24. The predicted octanol–water partition coefficient (Wildman–Crippen LogP) is 3.71. The van der Waals surface area contributed by atoms with Gasteiger partial charge in [0.1, 0.15) is 11.9 Å². The van der Waals surface area contributed by atoms with Crippen LogP contribution in [0.2, 0.25) is 5.02 Å². The molecule has 0 radical (unpaired) electrons. The van der Waals surface area contributed by atoms with Gasteiger partial charge >= 0.3 is 0 Å².